The summed E-state index contributed by atoms with van der Waals surface area (Å²) in [6.45, 7) is 3.44. The van der Waals surface area contributed by atoms with E-state index in [1.165, 1.54) is 4.88 Å². The Morgan fingerprint density at radius 2 is 1.94 bits per heavy atom. The number of rotatable bonds is 8. The summed E-state index contributed by atoms with van der Waals surface area (Å²) >= 11 is 1.73. The Kier molecular flexibility index (Phi) is 6.26. The maximum Gasteiger partial charge on any atom is 0.325 e. The number of carboxylic acids is 2. The van der Waals surface area contributed by atoms with E-state index in [2.05, 4.69) is 16.3 Å². The van der Waals surface area contributed by atoms with Crippen molar-refractivity contribution in [1.82, 2.24) is 14.4 Å². The number of carbonyl (C=O) groups is 2. The molecule has 1 aliphatic rings. The number of thiophene rings is 1. The third-order valence-electron chi connectivity index (χ3n) is 5.68. The number of fused-ring (bicyclic) bond motifs is 1. The molecule has 0 spiro atoms. The predicted octanol–water partition coefficient (Wildman–Crippen LogP) is 2.74. The average molecular weight is 444 g/mol. The minimum Gasteiger partial charge on any atom is -0.497 e. The zero-order valence-electron chi connectivity index (χ0n) is 17.2. The lowest BCUT2D eigenvalue weighted by Gasteiger charge is -2.37. The van der Waals surface area contributed by atoms with Crippen LogP contribution >= 0.6 is 11.3 Å². The molecule has 0 unspecified atom stereocenters. The number of benzene rings is 1. The molecule has 164 valence electrons. The van der Waals surface area contributed by atoms with Gasteiger partial charge in [-0.15, -0.1) is 11.3 Å². The summed E-state index contributed by atoms with van der Waals surface area (Å²) in [5.74, 6) is -1.32. The summed E-state index contributed by atoms with van der Waals surface area (Å²) in [4.78, 5) is 29.3. The SMILES string of the molecule is COc1ccc2c(c1)c([C@@H](C(=O)O)N1CCN(Cc3cccs3)CC1)cn2CC(=O)O. The quantitative estimate of drug-likeness (QED) is 0.553. The molecule has 0 radical (unpaired) electrons. The van der Waals surface area contributed by atoms with Gasteiger partial charge in [0.1, 0.15) is 18.3 Å². The van der Waals surface area contributed by atoms with Gasteiger partial charge in [-0.3, -0.25) is 19.4 Å². The summed E-state index contributed by atoms with van der Waals surface area (Å²) in [7, 11) is 1.55. The van der Waals surface area contributed by atoms with E-state index >= 15 is 0 Å². The molecule has 0 saturated carbocycles. The molecule has 3 heterocycles. The van der Waals surface area contributed by atoms with Gasteiger partial charge in [0.05, 0.1) is 7.11 Å². The molecule has 3 aromatic rings. The summed E-state index contributed by atoms with van der Waals surface area (Å²) in [5, 5.41) is 22.2. The van der Waals surface area contributed by atoms with Crippen molar-refractivity contribution in [2.45, 2.75) is 19.1 Å². The van der Waals surface area contributed by atoms with Crippen molar-refractivity contribution in [3.8, 4) is 5.75 Å². The fraction of sp³-hybridized carbons (Fsp3) is 0.364. The minimum atomic E-state index is -0.978. The van der Waals surface area contributed by atoms with Gasteiger partial charge in [0.15, 0.2) is 0 Å². The number of carboxylic acid groups (broad SMARTS) is 2. The van der Waals surface area contributed by atoms with Crippen molar-refractivity contribution >= 4 is 34.2 Å². The first-order chi connectivity index (χ1) is 15.0. The van der Waals surface area contributed by atoms with Crippen molar-refractivity contribution < 1.29 is 24.5 Å². The van der Waals surface area contributed by atoms with E-state index in [9.17, 15) is 19.8 Å². The monoisotopic (exact) mass is 443 g/mol. The van der Waals surface area contributed by atoms with Crippen LogP contribution in [0, 0.1) is 0 Å². The largest absolute Gasteiger partial charge is 0.497 e. The lowest BCUT2D eigenvalue weighted by molar-refractivity contribution is -0.144. The highest BCUT2D eigenvalue weighted by Gasteiger charge is 2.33. The van der Waals surface area contributed by atoms with Gasteiger partial charge in [-0.2, -0.15) is 0 Å². The molecule has 31 heavy (non-hydrogen) atoms. The van der Waals surface area contributed by atoms with Crippen molar-refractivity contribution in [2.75, 3.05) is 33.3 Å². The molecule has 0 bridgehead atoms. The van der Waals surface area contributed by atoms with Gasteiger partial charge in [-0.05, 0) is 29.6 Å². The van der Waals surface area contributed by atoms with Gasteiger partial charge in [-0.1, -0.05) is 6.07 Å². The van der Waals surface area contributed by atoms with Gasteiger partial charge >= 0.3 is 11.9 Å². The van der Waals surface area contributed by atoms with Gasteiger partial charge in [0, 0.05) is 60.3 Å². The molecule has 1 aromatic carbocycles. The number of methoxy groups -OCH3 is 1. The summed E-state index contributed by atoms with van der Waals surface area (Å²) < 4.78 is 6.92. The summed E-state index contributed by atoms with van der Waals surface area (Å²) in [6.07, 6.45) is 1.66. The first kappa shape index (κ1) is 21.4. The van der Waals surface area contributed by atoms with Crippen LogP contribution in [0.25, 0.3) is 10.9 Å². The Hall–Kier alpha value is -2.88. The molecular weight excluding hydrogens is 418 g/mol. The molecule has 1 aliphatic heterocycles. The third kappa shape index (κ3) is 4.58. The Bertz CT molecular complexity index is 1070. The highest BCUT2D eigenvalue weighted by molar-refractivity contribution is 7.09. The molecule has 2 N–H and O–H groups in total. The van der Waals surface area contributed by atoms with Gasteiger partial charge in [0.25, 0.3) is 0 Å². The Morgan fingerprint density at radius 3 is 2.55 bits per heavy atom. The molecule has 1 saturated heterocycles. The summed E-state index contributed by atoms with van der Waals surface area (Å²) in [5.41, 5.74) is 1.27. The number of aliphatic carboxylic acids is 2. The molecule has 0 amide bonds. The number of hydrogen-bond donors (Lipinski definition) is 2. The van der Waals surface area contributed by atoms with E-state index in [0.29, 0.717) is 35.3 Å². The zero-order chi connectivity index (χ0) is 22.0. The second kappa shape index (κ2) is 9.09. The molecule has 1 atom stereocenters. The molecule has 9 heteroatoms. The fourth-order valence-electron chi connectivity index (χ4n) is 4.21. The Balaban J connectivity index is 1.62. The summed E-state index contributed by atoms with van der Waals surface area (Å²) in [6, 6.07) is 8.61. The number of nitrogens with zero attached hydrogens (tertiary/aromatic N) is 3. The van der Waals surface area contributed by atoms with E-state index < -0.39 is 18.0 Å². The van der Waals surface area contributed by atoms with Gasteiger partial charge < -0.3 is 19.5 Å². The number of ether oxygens (including phenoxy) is 1. The predicted molar refractivity (Wildman–Crippen MR) is 118 cm³/mol. The fourth-order valence-corrected chi connectivity index (χ4v) is 4.96. The maximum absolute atomic E-state index is 12.4. The second-order valence-electron chi connectivity index (χ2n) is 7.62. The van der Waals surface area contributed by atoms with Crippen LogP contribution in [0.3, 0.4) is 0 Å². The normalized spacial score (nSPS) is 16.4. The third-order valence-corrected chi connectivity index (χ3v) is 6.55. The smallest absolute Gasteiger partial charge is 0.325 e. The standard InChI is InChI=1S/C22H25N3O5S/c1-30-15-4-5-19-17(11-15)18(13-25(19)14-20(26)27)21(22(28)29)24-8-6-23(7-9-24)12-16-3-2-10-31-16/h2-5,10-11,13,21H,6-9,12,14H2,1H3,(H,26,27)(H,28,29)/t21-/m0/s1. The highest BCUT2D eigenvalue weighted by Crippen LogP contribution is 2.33. The van der Waals surface area contributed by atoms with E-state index in [1.807, 2.05) is 11.0 Å². The Labute approximate surface area is 183 Å². The van der Waals surface area contributed by atoms with Crippen LogP contribution < -0.4 is 4.74 Å². The van der Waals surface area contributed by atoms with Crippen molar-refractivity contribution in [3.63, 3.8) is 0 Å². The van der Waals surface area contributed by atoms with Gasteiger partial charge in [-0.25, -0.2) is 0 Å². The van der Waals surface area contributed by atoms with E-state index in [1.54, 1.807) is 47.4 Å². The zero-order valence-corrected chi connectivity index (χ0v) is 18.0. The lowest BCUT2D eigenvalue weighted by Crippen LogP contribution is -2.48. The molecule has 4 rings (SSSR count). The van der Waals surface area contributed by atoms with E-state index in [4.69, 9.17) is 4.74 Å². The number of piperazine rings is 1. The van der Waals surface area contributed by atoms with Crippen molar-refractivity contribution in [1.29, 1.82) is 0 Å². The van der Waals surface area contributed by atoms with Crippen molar-refractivity contribution in [2.24, 2.45) is 0 Å². The maximum atomic E-state index is 12.4. The topological polar surface area (TPSA) is 95.2 Å². The van der Waals surface area contributed by atoms with Crippen LogP contribution in [-0.4, -0.2) is 69.8 Å². The molecule has 2 aromatic heterocycles. The minimum absolute atomic E-state index is 0.232. The van der Waals surface area contributed by atoms with Crippen LogP contribution in [0.2, 0.25) is 0 Å². The number of hydrogen-bond acceptors (Lipinski definition) is 6. The average Bonchev–Trinajstić information content (AvgIpc) is 3.37. The molecule has 1 fully saturated rings. The van der Waals surface area contributed by atoms with Crippen LogP contribution in [-0.2, 0) is 22.7 Å². The second-order valence-corrected chi connectivity index (χ2v) is 8.65. The first-order valence-electron chi connectivity index (χ1n) is 10.1. The highest BCUT2D eigenvalue weighted by atomic mass is 32.1. The molecule has 0 aliphatic carbocycles. The van der Waals surface area contributed by atoms with Crippen LogP contribution in [0.1, 0.15) is 16.5 Å². The molecular formula is C22H25N3O5S. The van der Waals surface area contributed by atoms with Crippen molar-refractivity contribution in [3.05, 3.63) is 52.3 Å². The van der Waals surface area contributed by atoms with E-state index in [0.717, 1.165) is 19.6 Å². The Morgan fingerprint density at radius 1 is 1.16 bits per heavy atom. The lowest BCUT2D eigenvalue weighted by atomic mass is 10.0. The molecule has 8 nitrogen and oxygen atoms in total. The number of aromatic nitrogens is 1. The van der Waals surface area contributed by atoms with Crippen LogP contribution in [0.4, 0.5) is 0 Å². The van der Waals surface area contributed by atoms with E-state index in [-0.39, 0.29) is 6.54 Å². The van der Waals surface area contributed by atoms with Crippen LogP contribution in [0.5, 0.6) is 5.75 Å². The first-order valence-corrected chi connectivity index (χ1v) is 10.9. The van der Waals surface area contributed by atoms with Crippen LogP contribution in [0.15, 0.2) is 41.9 Å². The van der Waals surface area contributed by atoms with Gasteiger partial charge in [0.2, 0.25) is 0 Å².